The smallest absolute Gasteiger partial charge is 0.109 e. The van der Waals surface area contributed by atoms with Crippen molar-refractivity contribution in [3.63, 3.8) is 0 Å². The summed E-state index contributed by atoms with van der Waals surface area (Å²) in [6, 6.07) is 8.92. The van der Waals surface area contributed by atoms with E-state index in [1.165, 1.54) is 0 Å². The third-order valence-corrected chi connectivity index (χ3v) is 11.7. The predicted molar refractivity (Wildman–Crippen MR) is 181 cm³/mol. The Bertz CT molecular complexity index is 1960. The quantitative estimate of drug-likeness (QED) is 0.204. The van der Waals surface area contributed by atoms with Crippen LogP contribution in [0.3, 0.4) is 0 Å². The molecule has 2 saturated carbocycles. The second kappa shape index (κ2) is 12.7. The Balaban J connectivity index is 0.000000147. The van der Waals surface area contributed by atoms with Crippen molar-refractivity contribution >= 4 is 65.2 Å². The van der Waals surface area contributed by atoms with Gasteiger partial charge in [-0.2, -0.15) is 10.5 Å². The number of aromatic nitrogens is 6. The van der Waals surface area contributed by atoms with E-state index in [9.17, 15) is 10.2 Å². The van der Waals surface area contributed by atoms with Gasteiger partial charge < -0.3 is 19.3 Å². The van der Waals surface area contributed by atoms with E-state index < -0.39 is 12.2 Å². The molecule has 6 atom stereocenters. The maximum atomic E-state index is 10.4. The highest BCUT2D eigenvalue weighted by Gasteiger charge is 2.33. The van der Waals surface area contributed by atoms with Crippen LogP contribution < -0.4 is 0 Å². The van der Waals surface area contributed by atoms with Crippen molar-refractivity contribution in [2.75, 3.05) is 0 Å². The van der Waals surface area contributed by atoms with Crippen LogP contribution in [0.2, 0.25) is 0 Å². The molecular formula is C34H36N8O2S2. The van der Waals surface area contributed by atoms with Gasteiger partial charge in [-0.1, -0.05) is 0 Å². The zero-order valence-corrected chi connectivity index (χ0v) is 27.5. The normalized spacial score (nSPS) is 25.0. The van der Waals surface area contributed by atoms with Gasteiger partial charge in [0.2, 0.25) is 0 Å². The Labute approximate surface area is 274 Å². The Kier molecular flexibility index (Phi) is 8.47. The molecule has 236 valence electrons. The lowest BCUT2D eigenvalue weighted by atomic mass is 9.82. The highest BCUT2D eigenvalue weighted by Crippen LogP contribution is 2.40. The summed E-state index contributed by atoms with van der Waals surface area (Å²) < 4.78 is 6.89. The van der Waals surface area contributed by atoms with Crippen LogP contribution in [0, 0.1) is 48.3 Å². The van der Waals surface area contributed by atoms with Crippen molar-refractivity contribution in [1.29, 1.82) is 10.5 Å². The molecule has 46 heavy (non-hydrogen) atoms. The number of rotatable bonds is 4. The van der Waals surface area contributed by atoms with E-state index in [-0.39, 0.29) is 23.9 Å². The van der Waals surface area contributed by atoms with E-state index in [1.54, 1.807) is 22.7 Å². The van der Waals surface area contributed by atoms with Gasteiger partial charge in [-0.25, -0.2) is 9.97 Å². The van der Waals surface area contributed by atoms with Crippen molar-refractivity contribution in [2.45, 2.75) is 89.5 Å². The minimum absolute atomic E-state index is 0.106. The van der Waals surface area contributed by atoms with Gasteiger partial charge in [-0.3, -0.25) is 9.97 Å². The molecule has 0 aliphatic heterocycles. The monoisotopic (exact) mass is 652 g/mol. The van der Waals surface area contributed by atoms with Gasteiger partial charge in [-0.15, -0.1) is 22.7 Å². The minimum Gasteiger partial charge on any atom is -0.393 e. The van der Waals surface area contributed by atoms with Gasteiger partial charge in [0.25, 0.3) is 0 Å². The first-order valence-electron chi connectivity index (χ1n) is 15.9. The Morgan fingerprint density at radius 1 is 0.717 bits per heavy atom. The first-order chi connectivity index (χ1) is 22.4. The molecule has 0 amide bonds. The number of nitriles is 2. The standard InChI is InChI=1S/2C17H18N4OS/c2*1-10-20-14-9-19-13-5-7-23-17(13)16(14)21(10)12-3-2-11(4-6-18)15(22)8-12/h2*5,7,9,11-12,15,22H,2-4,8H2,1H3/t2*11-,12+,15+/m10/s1. The van der Waals surface area contributed by atoms with Crippen LogP contribution in [0.15, 0.2) is 35.3 Å². The molecule has 10 nitrogen and oxygen atoms in total. The maximum Gasteiger partial charge on any atom is 0.109 e. The van der Waals surface area contributed by atoms with E-state index in [4.69, 9.17) is 10.5 Å². The molecule has 2 fully saturated rings. The second-order valence-corrected chi connectivity index (χ2v) is 14.5. The van der Waals surface area contributed by atoms with Crippen LogP contribution >= 0.6 is 22.7 Å². The highest BCUT2D eigenvalue weighted by atomic mass is 32.1. The first kappa shape index (κ1) is 30.7. The zero-order valence-electron chi connectivity index (χ0n) is 25.9. The van der Waals surface area contributed by atoms with E-state index in [1.807, 2.05) is 38.4 Å². The third kappa shape index (κ3) is 5.43. The molecule has 0 radical (unpaired) electrons. The summed E-state index contributed by atoms with van der Waals surface area (Å²) in [6.07, 6.45) is 8.84. The van der Waals surface area contributed by atoms with Gasteiger partial charge in [-0.05, 0) is 87.1 Å². The number of aliphatic hydroxyl groups is 2. The zero-order chi connectivity index (χ0) is 31.9. The van der Waals surface area contributed by atoms with Crippen molar-refractivity contribution < 1.29 is 10.2 Å². The second-order valence-electron chi connectivity index (χ2n) is 12.6. The lowest BCUT2D eigenvalue weighted by Gasteiger charge is -2.33. The average molecular weight is 653 g/mol. The molecule has 2 N–H and O–H groups in total. The molecule has 12 heteroatoms. The fourth-order valence-electron chi connectivity index (χ4n) is 7.64. The Hall–Kier alpha value is -3.94. The molecule has 6 heterocycles. The molecule has 2 aliphatic rings. The van der Waals surface area contributed by atoms with Crippen LogP contribution in [0.4, 0.5) is 0 Å². The molecule has 6 aromatic rings. The van der Waals surface area contributed by atoms with Gasteiger partial charge in [0.05, 0.1) is 68.2 Å². The summed E-state index contributed by atoms with van der Waals surface area (Å²) in [6.45, 7) is 4.04. The summed E-state index contributed by atoms with van der Waals surface area (Å²) in [4.78, 5) is 18.3. The summed E-state index contributed by atoms with van der Waals surface area (Å²) in [7, 11) is 0. The average Bonchev–Trinajstić information content (AvgIpc) is 3.83. The van der Waals surface area contributed by atoms with Crippen molar-refractivity contribution in [1.82, 2.24) is 29.1 Å². The van der Waals surface area contributed by atoms with E-state index in [0.717, 1.165) is 79.8 Å². The lowest BCUT2D eigenvalue weighted by Crippen LogP contribution is -2.31. The number of thiophene rings is 2. The van der Waals surface area contributed by atoms with Gasteiger partial charge in [0.1, 0.15) is 22.7 Å². The first-order valence-corrected chi connectivity index (χ1v) is 17.6. The number of nitrogens with zero attached hydrogens (tertiary/aromatic N) is 8. The topological polar surface area (TPSA) is 149 Å². The highest BCUT2D eigenvalue weighted by molar-refractivity contribution is 7.18. The largest absolute Gasteiger partial charge is 0.393 e. The molecule has 0 saturated heterocycles. The Morgan fingerprint density at radius 2 is 1.15 bits per heavy atom. The molecule has 2 aliphatic carbocycles. The number of fused-ring (bicyclic) bond motifs is 6. The molecule has 0 aromatic carbocycles. The van der Waals surface area contributed by atoms with Crippen molar-refractivity contribution in [3.8, 4) is 12.1 Å². The van der Waals surface area contributed by atoms with Crippen molar-refractivity contribution in [2.24, 2.45) is 11.8 Å². The van der Waals surface area contributed by atoms with E-state index in [2.05, 4.69) is 52.0 Å². The number of hydrogen-bond acceptors (Lipinski definition) is 10. The summed E-state index contributed by atoms with van der Waals surface area (Å²) in [5, 5.41) is 42.7. The molecule has 0 unspecified atom stereocenters. The molecule has 0 spiro atoms. The number of imidazole rings is 2. The molecular weight excluding hydrogens is 617 g/mol. The minimum atomic E-state index is -0.411. The summed E-state index contributed by atoms with van der Waals surface area (Å²) >= 11 is 3.38. The fraction of sp³-hybridized carbons (Fsp3) is 0.471. The third-order valence-electron chi connectivity index (χ3n) is 9.89. The van der Waals surface area contributed by atoms with Crippen LogP contribution in [0.1, 0.15) is 75.1 Å². The number of aryl methyl sites for hydroxylation is 2. The van der Waals surface area contributed by atoms with Crippen LogP contribution in [0.25, 0.3) is 42.5 Å². The maximum absolute atomic E-state index is 10.4. The number of pyridine rings is 2. The number of hydrogen-bond donors (Lipinski definition) is 2. The predicted octanol–water partition coefficient (Wildman–Crippen LogP) is 7.14. The Morgan fingerprint density at radius 3 is 1.54 bits per heavy atom. The SMILES string of the molecule is Cc1nc2cnc3ccsc3c2n1[C@@H]1CC[C@@H](CC#N)[C@H](O)C1.Cc1nc2cnc3ccsc3c2n1[C@H]1CC[C@H](CC#N)[C@@H](O)C1. The van der Waals surface area contributed by atoms with Crippen molar-refractivity contribution in [3.05, 3.63) is 46.9 Å². The van der Waals surface area contributed by atoms with Crippen LogP contribution in [-0.2, 0) is 0 Å². The summed E-state index contributed by atoms with van der Waals surface area (Å²) in [5.74, 6) is 2.15. The molecule has 6 aromatic heterocycles. The number of aliphatic hydroxyl groups excluding tert-OH is 2. The van der Waals surface area contributed by atoms with Crippen LogP contribution in [-0.4, -0.2) is 51.5 Å². The van der Waals surface area contributed by atoms with Gasteiger partial charge in [0.15, 0.2) is 0 Å². The summed E-state index contributed by atoms with van der Waals surface area (Å²) in [5.41, 5.74) is 6.12. The van der Waals surface area contributed by atoms with E-state index >= 15 is 0 Å². The molecule has 8 rings (SSSR count). The lowest BCUT2D eigenvalue weighted by molar-refractivity contribution is 0.0499. The van der Waals surface area contributed by atoms with Crippen LogP contribution in [0.5, 0.6) is 0 Å². The fourth-order valence-corrected chi connectivity index (χ4v) is 9.42. The van der Waals surface area contributed by atoms with E-state index in [0.29, 0.717) is 25.7 Å². The van der Waals surface area contributed by atoms with Gasteiger partial charge >= 0.3 is 0 Å². The molecule has 0 bridgehead atoms. The van der Waals surface area contributed by atoms with Gasteiger partial charge in [0, 0.05) is 24.9 Å².